The van der Waals surface area contributed by atoms with Crippen molar-refractivity contribution in [3.8, 4) is 11.1 Å². The Labute approximate surface area is 113 Å². The fraction of sp³-hybridized carbons (Fsp3) is 0.353. The Balaban J connectivity index is 1.82. The third kappa shape index (κ3) is 2.53. The standard InChI is InChI=1S/C17H18FN/c1-12-4-6-14(12)9-13-5-7-16(17(18)10-13)15-3-2-8-19-11-15/h2-3,5,7-8,10-12,14H,4,6,9H2,1H3. The SMILES string of the molecule is CC1CCC1Cc1ccc(-c2cccnc2)c(F)c1. The quantitative estimate of drug-likeness (QED) is 0.788. The largest absolute Gasteiger partial charge is 0.264 e. The first kappa shape index (κ1) is 12.3. The topological polar surface area (TPSA) is 12.9 Å². The van der Waals surface area contributed by atoms with Crippen molar-refractivity contribution in [2.75, 3.05) is 0 Å². The van der Waals surface area contributed by atoms with Crippen LogP contribution in [0.5, 0.6) is 0 Å². The highest BCUT2D eigenvalue weighted by atomic mass is 19.1. The summed E-state index contributed by atoms with van der Waals surface area (Å²) >= 11 is 0. The molecule has 0 saturated heterocycles. The van der Waals surface area contributed by atoms with Gasteiger partial charge in [0.15, 0.2) is 0 Å². The number of benzene rings is 1. The van der Waals surface area contributed by atoms with Gasteiger partial charge < -0.3 is 0 Å². The molecule has 2 atom stereocenters. The Morgan fingerprint density at radius 3 is 2.74 bits per heavy atom. The monoisotopic (exact) mass is 255 g/mol. The van der Waals surface area contributed by atoms with Gasteiger partial charge in [-0.3, -0.25) is 4.98 Å². The molecule has 0 spiro atoms. The zero-order valence-electron chi connectivity index (χ0n) is 11.1. The number of nitrogens with zero attached hydrogens (tertiary/aromatic N) is 1. The Bertz CT molecular complexity index is 565. The van der Waals surface area contributed by atoms with Crippen LogP contribution >= 0.6 is 0 Å². The van der Waals surface area contributed by atoms with Crippen molar-refractivity contribution in [2.24, 2.45) is 11.8 Å². The van der Waals surface area contributed by atoms with E-state index in [4.69, 9.17) is 0 Å². The second-order valence-electron chi connectivity index (χ2n) is 5.57. The molecule has 1 aliphatic carbocycles. The summed E-state index contributed by atoms with van der Waals surface area (Å²) in [5.74, 6) is 1.39. The smallest absolute Gasteiger partial charge is 0.131 e. The lowest BCUT2D eigenvalue weighted by Crippen LogP contribution is -2.24. The fourth-order valence-electron chi connectivity index (χ4n) is 2.78. The van der Waals surface area contributed by atoms with Gasteiger partial charge in [0, 0.05) is 23.5 Å². The van der Waals surface area contributed by atoms with Gasteiger partial charge in [-0.25, -0.2) is 4.39 Å². The van der Waals surface area contributed by atoms with E-state index >= 15 is 0 Å². The molecule has 2 aromatic rings. The minimum absolute atomic E-state index is 0.141. The van der Waals surface area contributed by atoms with Crippen molar-refractivity contribution in [2.45, 2.75) is 26.2 Å². The molecule has 98 valence electrons. The number of aromatic nitrogens is 1. The molecule has 0 amide bonds. The normalized spacial score (nSPS) is 22.0. The van der Waals surface area contributed by atoms with E-state index in [1.165, 1.54) is 12.8 Å². The van der Waals surface area contributed by atoms with Gasteiger partial charge in [-0.05, 0) is 42.4 Å². The van der Waals surface area contributed by atoms with Crippen LogP contribution < -0.4 is 0 Å². The van der Waals surface area contributed by atoms with Crippen molar-refractivity contribution >= 4 is 0 Å². The third-order valence-electron chi connectivity index (χ3n) is 4.30. The highest BCUT2D eigenvalue weighted by Crippen LogP contribution is 2.36. The van der Waals surface area contributed by atoms with Crippen molar-refractivity contribution in [3.05, 3.63) is 54.1 Å². The molecule has 1 saturated carbocycles. The zero-order valence-corrected chi connectivity index (χ0v) is 11.1. The lowest BCUT2D eigenvalue weighted by atomic mass is 9.72. The Hall–Kier alpha value is -1.70. The lowest BCUT2D eigenvalue weighted by Gasteiger charge is -2.34. The minimum Gasteiger partial charge on any atom is -0.264 e. The minimum atomic E-state index is -0.141. The van der Waals surface area contributed by atoms with E-state index < -0.39 is 0 Å². The summed E-state index contributed by atoms with van der Waals surface area (Å²) in [6.45, 7) is 2.29. The Morgan fingerprint density at radius 2 is 2.16 bits per heavy atom. The van der Waals surface area contributed by atoms with E-state index in [1.54, 1.807) is 18.5 Å². The van der Waals surface area contributed by atoms with Crippen LogP contribution in [0.4, 0.5) is 4.39 Å². The number of rotatable bonds is 3. The van der Waals surface area contributed by atoms with Gasteiger partial charge in [0.05, 0.1) is 0 Å². The molecule has 19 heavy (non-hydrogen) atoms. The van der Waals surface area contributed by atoms with Crippen LogP contribution in [0, 0.1) is 17.7 Å². The molecule has 1 aromatic heterocycles. The molecule has 1 aliphatic rings. The maximum Gasteiger partial charge on any atom is 0.131 e. The van der Waals surface area contributed by atoms with Crippen LogP contribution in [0.2, 0.25) is 0 Å². The molecular formula is C17H18FN. The Morgan fingerprint density at radius 1 is 1.26 bits per heavy atom. The molecule has 3 rings (SSSR count). The number of halogens is 1. The van der Waals surface area contributed by atoms with Crippen LogP contribution in [-0.4, -0.2) is 4.98 Å². The first-order valence-corrected chi connectivity index (χ1v) is 6.93. The van der Waals surface area contributed by atoms with Gasteiger partial charge in [0.1, 0.15) is 5.82 Å². The summed E-state index contributed by atoms with van der Waals surface area (Å²) in [5, 5.41) is 0. The fourth-order valence-corrected chi connectivity index (χ4v) is 2.78. The molecule has 2 unspecified atom stereocenters. The van der Waals surface area contributed by atoms with Crippen LogP contribution in [0.1, 0.15) is 25.3 Å². The first-order valence-electron chi connectivity index (χ1n) is 6.93. The molecule has 2 heteroatoms. The molecule has 0 aliphatic heterocycles. The summed E-state index contributed by atoms with van der Waals surface area (Å²) in [6, 6.07) is 9.34. The number of hydrogen-bond donors (Lipinski definition) is 0. The second-order valence-corrected chi connectivity index (χ2v) is 5.57. The molecule has 1 heterocycles. The summed E-state index contributed by atoms with van der Waals surface area (Å²) in [5.41, 5.74) is 2.59. The molecule has 1 nitrogen and oxygen atoms in total. The highest BCUT2D eigenvalue weighted by molar-refractivity contribution is 5.63. The number of hydrogen-bond acceptors (Lipinski definition) is 1. The summed E-state index contributed by atoms with van der Waals surface area (Å²) < 4.78 is 14.2. The van der Waals surface area contributed by atoms with Gasteiger partial charge in [0.2, 0.25) is 0 Å². The van der Waals surface area contributed by atoms with E-state index in [-0.39, 0.29) is 5.82 Å². The van der Waals surface area contributed by atoms with Gasteiger partial charge in [0.25, 0.3) is 0 Å². The number of pyridine rings is 1. The van der Waals surface area contributed by atoms with Crippen LogP contribution in [0.15, 0.2) is 42.7 Å². The molecule has 1 aromatic carbocycles. The third-order valence-corrected chi connectivity index (χ3v) is 4.30. The predicted molar refractivity (Wildman–Crippen MR) is 75.2 cm³/mol. The average molecular weight is 255 g/mol. The first-order chi connectivity index (χ1) is 9.24. The second kappa shape index (κ2) is 5.12. The van der Waals surface area contributed by atoms with E-state index in [2.05, 4.69) is 18.0 Å². The lowest BCUT2D eigenvalue weighted by molar-refractivity contribution is 0.196. The average Bonchev–Trinajstić information content (AvgIpc) is 2.44. The zero-order chi connectivity index (χ0) is 13.2. The highest BCUT2D eigenvalue weighted by Gasteiger charge is 2.26. The van der Waals surface area contributed by atoms with Crippen molar-refractivity contribution in [1.82, 2.24) is 4.98 Å². The van der Waals surface area contributed by atoms with Gasteiger partial charge in [-0.1, -0.05) is 31.5 Å². The van der Waals surface area contributed by atoms with E-state index in [0.717, 1.165) is 29.4 Å². The van der Waals surface area contributed by atoms with Crippen molar-refractivity contribution in [3.63, 3.8) is 0 Å². The predicted octanol–water partition coefficient (Wildman–Crippen LogP) is 4.48. The molecule has 0 N–H and O–H groups in total. The maximum absolute atomic E-state index is 14.2. The van der Waals surface area contributed by atoms with E-state index in [0.29, 0.717) is 5.56 Å². The molecular weight excluding hydrogens is 237 g/mol. The van der Waals surface area contributed by atoms with E-state index in [1.807, 2.05) is 18.2 Å². The Kier molecular flexibility index (Phi) is 3.33. The maximum atomic E-state index is 14.2. The van der Waals surface area contributed by atoms with Crippen LogP contribution in [-0.2, 0) is 6.42 Å². The molecule has 1 fully saturated rings. The van der Waals surface area contributed by atoms with Crippen molar-refractivity contribution in [1.29, 1.82) is 0 Å². The van der Waals surface area contributed by atoms with Crippen LogP contribution in [0.3, 0.4) is 0 Å². The summed E-state index contributed by atoms with van der Waals surface area (Å²) in [6.07, 6.45) is 7.01. The van der Waals surface area contributed by atoms with Crippen LogP contribution in [0.25, 0.3) is 11.1 Å². The van der Waals surface area contributed by atoms with Gasteiger partial charge in [-0.2, -0.15) is 0 Å². The molecule has 0 radical (unpaired) electrons. The van der Waals surface area contributed by atoms with E-state index in [9.17, 15) is 4.39 Å². The molecule has 0 bridgehead atoms. The van der Waals surface area contributed by atoms with Gasteiger partial charge >= 0.3 is 0 Å². The van der Waals surface area contributed by atoms with Gasteiger partial charge in [-0.15, -0.1) is 0 Å². The summed E-state index contributed by atoms with van der Waals surface area (Å²) in [7, 11) is 0. The van der Waals surface area contributed by atoms with Crippen molar-refractivity contribution < 1.29 is 4.39 Å². The summed E-state index contributed by atoms with van der Waals surface area (Å²) in [4.78, 5) is 4.04.